The number of rotatable bonds is 8. The van der Waals surface area contributed by atoms with Gasteiger partial charge in [0, 0.05) is 12.2 Å². The van der Waals surface area contributed by atoms with Crippen LogP contribution in [-0.4, -0.2) is 25.6 Å². The second-order valence-corrected chi connectivity index (χ2v) is 6.24. The monoisotopic (exact) mass is 390 g/mol. The third-order valence-corrected chi connectivity index (χ3v) is 4.16. The quantitative estimate of drug-likeness (QED) is 0.570. The molecule has 0 aromatic heterocycles. The average molecular weight is 390 g/mol. The Balaban J connectivity index is 1.54. The van der Waals surface area contributed by atoms with Gasteiger partial charge in [0.2, 0.25) is 0 Å². The predicted octanol–water partition coefficient (Wildman–Crippen LogP) is 3.91. The fourth-order valence-corrected chi connectivity index (χ4v) is 2.69. The molecule has 0 saturated carbocycles. The van der Waals surface area contributed by atoms with Crippen LogP contribution in [0.3, 0.4) is 0 Å². The fraction of sp³-hybridized carbons (Fsp3) is 0.130. The van der Waals surface area contributed by atoms with Gasteiger partial charge in [-0.05, 0) is 42.0 Å². The summed E-state index contributed by atoms with van der Waals surface area (Å²) in [4.78, 5) is 24.5. The van der Waals surface area contributed by atoms with Gasteiger partial charge in [0.15, 0.2) is 6.61 Å². The van der Waals surface area contributed by atoms with Crippen molar-refractivity contribution in [1.82, 2.24) is 5.32 Å². The predicted molar refractivity (Wildman–Crippen MR) is 111 cm³/mol. The van der Waals surface area contributed by atoms with E-state index in [1.54, 1.807) is 25.3 Å². The van der Waals surface area contributed by atoms with E-state index >= 15 is 0 Å². The number of carbonyl (C=O) groups is 2. The normalized spacial score (nSPS) is 10.1. The van der Waals surface area contributed by atoms with Crippen LogP contribution in [0.5, 0.6) is 5.75 Å². The van der Waals surface area contributed by atoms with Crippen molar-refractivity contribution in [2.45, 2.75) is 6.54 Å². The first-order valence-corrected chi connectivity index (χ1v) is 9.13. The van der Waals surface area contributed by atoms with Crippen molar-refractivity contribution in [3.05, 3.63) is 90.0 Å². The van der Waals surface area contributed by atoms with Crippen LogP contribution in [0.1, 0.15) is 15.9 Å². The Morgan fingerprint density at radius 3 is 2.45 bits per heavy atom. The van der Waals surface area contributed by atoms with Crippen molar-refractivity contribution < 1.29 is 19.1 Å². The molecule has 148 valence electrons. The molecule has 0 heterocycles. The number of carbonyl (C=O) groups excluding carboxylic acids is 2. The Morgan fingerprint density at radius 1 is 0.897 bits per heavy atom. The summed E-state index contributed by atoms with van der Waals surface area (Å²) in [5, 5.41) is 5.91. The molecule has 29 heavy (non-hydrogen) atoms. The maximum atomic E-state index is 12.5. The highest BCUT2D eigenvalue weighted by Crippen LogP contribution is 2.21. The van der Waals surface area contributed by atoms with Gasteiger partial charge in [-0.2, -0.15) is 0 Å². The van der Waals surface area contributed by atoms with Gasteiger partial charge in [-0.1, -0.05) is 42.5 Å². The molecule has 0 saturated heterocycles. The molecular weight excluding hydrogens is 368 g/mol. The number of anilines is 2. The molecule has 6 nitrogen and oxygen atoms in total. The number of para-hydroxylation sites is 2. The second kappa shape index (κ2) is 9.94. The zero-order chi connectivity index (χ0) is 20.5. The van der Waals surface area contributed by atoms with Crippen LogP contribution in [-0.2, 0) is 16.1 Å². The standard InChI is InChI=1S/C23H22N2O4/c1-28-19-11-7-8-17(14-19)15-24-22(26)16-29-23(27)20-12-5-6-13-21(20)25-18-9-3-2-4-10-18/h2-14,25H,15-16H2,1H3,(H,24,26). The number of hydrogen-bond donors (Lipinski definition) is 2. The van der Waals surface area contributed by atoms with E-state index < -0.39 is 5.97 Å². The van der Waals surface area contributed by atoms with Crippen LogP contribution in [0.25, 0.3) is 0 Å². The van der Waals surface area contributed by atoms with Crippen LogP contribution >= 0.6 is 0 Å². The molecule has 3 aromatic carbocycles. The molecule has 1 amide bonds. The SMILES string of the molecule is COc1cccc(CNC(=O)COC(=O)c2ccccc2Nc2ccccc2)c1. The van der Waals surface area contributed by atoms with Gasteiger partial charge in [0.25, 0.3) is 5.91 Å². The zero-order valence-electron chi connectivity index (χ0n) is 16.1. The number of hydrogen-bond acceptors (Lipinski definition) is 5. The number of methoxy groups -OCH3 is 1. The first kappa shape index (κ1) is 19.9. The first-order chi connectivity index (χ1) is 14.2. The molecule has 0 radical (unpaired) electrons. The minimum Gasteiger partial charge on any atom is -0.497 e. The van der Waals surface area contributed by atoms with Crippen LogP contribution in [0.2, 0.25) is 0 Å². The van der Waals surface area contributed by atoms with Crippen molar-refractivity contribution in [3.8, 4) is 5.75 Å². The number of benzene rings is 3. The van der Waals surface area contributed by atoms with E-state index in [2.05, 4.69) is 10.6 Å². The molecule has 6 heteroatoms. The Bertz CT molecular complexity index is 973. The maximum Gasteiger partial charge on any atom is 0.340 e. The van der Waals surface area contributed by atoms with Crippen LogP contribution in [0.15, 0.2) is 78.9 Å². The van der Waals surface area contributed by atoms with E-state index in [4.69, 9.17) is 9.47 Å². The van der Waals surface area contributed by atoms with E-state index in [0.717, 1.165) is 11.3 Å². The molecule has 2 N–H and O–H groups in total. The highest BCUT2D eigenvalue weighted by atomic mass is 16.5. The highest BCUT2D eigenvalue weighted by molar-refractivity contribution is 5.97. The van der Waals surface area contributed by atoms with Crippen molar-refractivity contribution in [2.24, 2.45) is 0 Å². The van der Waals surface area contributed by atoms with Crippen molar-refractivity contribution in [3.63, 3.8) is 0 Å². The molecule has 0 unspecified atom stereocenters. The molecule has 3 aromatic rings. The summed E-state index contributed by atoms with van der Waals surface area (Å²) in [5.74, 6) is -0.235. The Labute approximate surface area is 169 Å². The topological polar surface area (TPSA) is 76.7 Å². The van der Waals surface area contributed by atoms with Crippen molar-refractivity contribution in [1.29, 1.82) is 0 Å². The summed E-state index contributed by atoms with van der Waals surface area (Å²) in [6.45, 7) is -0.0395. The largest absolute Gasteiger partial charge is 0.497 e. The summed E-state index contributed by atoms with van der Waals surface area (Å²) < 4.78 is 10.3. The minimum absolute atomic E-state index is 0.319. The Kier molecular flexibility index (Phi) is 6.84. The summed E-state index contributed by atoms with van der Waals surface area (Å²) >= 11 is 0. The molecule has 0 bridgehead atoms. The Hall–Kier alpha value is -3.80. The smallest absolute Gasteiger partial charge is 0.340 e. The van der Waals surface area contributed by atoms with Gasteiger partial charge in [0.1, 0.15) is 5.75 Å². The number of amides is 1. The van der Waals surface area contributed by atoms with Crippen LogP contribution < -0.4 is 15.4 Å². The van der Waals surface area contributed by atoms with Gasteiger partial charge >= 0.3 is 5.97 Å². The molecule has 0 spiro atoms. The molecular formula is C23H22N2O4. The van der Waals surface area contributed by atoms with Crippen molar-refractivity contribution in [2.75, 3.05) is 19.0 Å². The molecule has 0 aliphatic carbocycles. The second-order valence-electron chi connectivity index (χ2n) is 6.24. The molecule has 0 aliphatic rings. The van der Waals surface area contributed by atoms with E-state index in [1.165, 1.54) is 0 Å². The van der Waals surface area contributed by atoms with Gasteiger partial charge in [-0.3, -0.25) is 4.79 Å². The number of esters is 1. The van der Waals surface area contributed by atoms with Crippen molar-refractivity contribution >= 4 is 23.3 Å². The van der Waals surface area contributed by atoms with Crippen LogP contribution in [0.4, 0.5) is 11.4 Å². The van der Waals surface area contributed by atoms with Crippen LogP contribution in [0, 0.1) is 0 Å². The summed E-state index contributed by atoms with van der Waals surface area (Å²) in [6, 6.07) is 23.9. The lowest BCUT2D eigenvalue weighted by molar-refractivity contribution is -0.124. The maximum absolute atomic E-state index is 12.5. The highest BCUT2D eigenvalue weighted by Gasteiger charge is 2.14. The lowest BCUT2D eigenvalue weighted by atomic mass is 10.1. The molecule has 0 fully saturated rings. The fourth-order valence-electron chi connectivity index (χ4n) is 2.69. The van der Waals surface area contributed by atoms with Gasteiger partial charge in [0.05, 0.1) is 18.4 Å². The summed E-state index contributed by atoms with van der Waals surface area (Å²) in [5.41, 5.74) is 2.71. The number of nitrogens with one attached hydrogen (secondary N) is 2. The van der Waals surface area contributed by atoms with Gasteiger partial charge in [-0.15, -0.1) is 0 Å². The third-order valence-electron chi connectivity index (χ3n) is 4.16. The summed E-state index contributed by atoms with van der Waals surface area (Å²) in [7, 11) is 1.58. The molecule has 0 aliphatic heterocycles. The first-order valence-electron chi connectivity index (χ1n) is 9.13. The molecule has 3 rings (SSSR count). The zero-order valence-corrected chi connectivity index (χ0v) is 16.1. The van der Waals surface area contributed by atoms with E-state index in [-0.39, 0.29) is 12.5 Å². The van der Waals surface area contributed by atoms with E-state index in [1.807, 2.05) is 60.7 Å². The van der Waals surface area contributed by atoms with Gasteiger partial charge in [-0.25, -0.2) is 4.79 Å². The van der Waals surface area contributed by atoms with E-state index in [0.29, 0.717) is 23.5 Å². The lowest BCUT2D eigenvalue weighted by Crippen LogP contribution is -2.28. The lowest BCUT2D eigenvalue weighted by Gasteiger charge is -2.12. The average Bonchev–Trinajstić information content (AvgIpc) is 2.77. The number of ether oxygens (including phenoxy) is 2. The minimum atomic E-state index is -0.569. The molecule has 0 atom stereocenters. The summed E-state index contributed by atoms with van der Waals surface area (Å²) in [6.07, 6.45) is 0. The van der Waals surface area contributed by atoms with Gasteiger partial charge < -0.3 is 20.1 Å². The third kappa shape index (κ3) is 5.84. The Morgan fingerprint density at radius 2 is 1.66 bits per heavy atom. The van der Waals surface area contributed by atoms with E-state index in [9.17, 15) is 9.59 Å².